The summed E-state index contributed by atoms with van der Waals surface area (Å²) in [5.74, 6) is 0.562. The number of hydrogen-bond donors (Lipinski definition) is 0. The molecule has 1 aromatic carbocycles. The molecule has 2 saturated heterocycles. The van der Waals surface area contributed by atoms with E-state index in [-0.39, 0.29) is 41.1 Å². The molecule has 0 bridgehead atoms. The fourth-order valence-electron chi connectivity index (χ4n) is 5.66. The highest BCUT2D eigenvalue weighted by Gasteiger charge is 2.38. The van der Waals surface area contributed by atoms with Gasteiger partial charge in [-0.3, -0.25) is 9.59 Å². The van der Waals surface area contributed by atoms with Crippen LogP contribution in [0.1, 0.15) is 61.2 Å². The smallest absolute Gasteiger partial charge is 0.257 e. The lowest BCUT2D eigenvalue weighted by atomic mass is 9.83. The quantitative estimate of drug-likeness (QED) is 0.588. The molecule has 0 radical (unpaired) electrons. The minimum Gasteiger partial charge on any atom is -0.469 e. The number of nitrogens with zero attached hydrogens (tertiary/aromatic N) is 2. The van der Waals surface area contributed by atoms with Crippen molar-refractivity contribution in [2.45, 2.75) is 64.5 Å². The number of rotatable bonds is 6. The van der Waals surface area contributed by atoms with Gasteiger partial charge in [0.05, 0.1) is 17.4 Å². The van der Waals surface area contributed by atoms with Crippen molar-refractivity contribution in [2.75, 3.05) is 26.7 Å². The topological polar surface area (TPSA) is 63.0 Å². The molecule has 0 N–H and O–H groups in total. The predicted molar refractivity (Wildman–Crippen MR) is 131 cm³/mol. The van der Waals surface area contributed by atoms with Crippen molar-refractivity contribution in [1.82, 2.24) is 9.80 Å². The number of furan rings is 1. The van der Waals surface area contributed by atoms with Gasteiger partial charge in [0.25, 0.3) is 5.91 Å². The van der Waals surface area contributed by atoms with Gasteiger partial charge >= 0.3 is 0 Å². The molecule has 4 rings (SSSR count). The molecule has 7 heteroatoms. The normalized spacial score (nSPS) is 21.5. The minimum atomic E-state index is -0.268. The molecule has 0 aliphatic carbocycles. The summed E-state index contributed by atoms with van der Waals surface area (Å²) in [6.07, 6.45) is 5.00. The maximum absolute atomic E-state index is 14.6. The highest BCUT2D eigenvalue weighted by molar-refractivity contribution is 5.95. The van der Waals surface area contributed by atoms with Gasteiger partial charge in [-0.05, 0) is 76.5 Å². The van der Waals surface area contributed by atoms with Gasteiger partial charge in [-0.15, -0.1) is 0 Å². The number of hydrogen-bond acceptors (Lipinski definition) is 4. The van der Waals surface area contributed by atoms with Crippen LogP contribution in [-0.2, 0) is 16.0 Å². The number of benzene rings is 1. The molecule has 2 amide bonds. The fourth-order valence-corrected chi connectivity index (χ4v) is 5.66. The van der Waals surface area contributed by atoms with Crippen molar-refractivity contribution in [2.24, 2.45) is 11.8 Å². The number of piperidine rings is 1. The molecule has 2 fully saturated rings. The van der Waals surface area contributed by atoms with Crippen LogP contribution in [0.4, 0.5) is 4.39 Å². The maximum Gasteiger partial charge on any atom is 0.257 e. The van der Waals surface area contributed by atoms with Gasteiger partial charge in [0.1, 0.15) is 11.6 Å². The van der Waals surface area contributed by atoms with Crippen LogP contribution < -0.4 is 0 Å². The molecule has 1 aromatic heterocycles. The van der Waals surface area contributed by atoms with E-state index in [2.05, 4.69) is 0 Å². The average molecular weight is 485 g/mol. The highest BCUT2D eigenvalue weighted by Crippen LogP contribution is 2.33. The third kappa shape index (κ3) is 5.77. The number of amides is 2. The number of aryl methyl sites for hydroxylation is 1. The van der Waals surface area contributed by atoms with E-state index in [0.29, 0.717) is 43.0 Å². The van der Waals surface area contributed by atoms with Crippen LogP contribution in [0.15, 0.2) is 41.0 Å². The van der Waals surface area contributed by atoms with Crippen LogP contribution >= 0.6 is 0 Å². The van der Waals surface area contributed by atoms with E-state index in [1.165, 1.54) is 12.3 Å². The second kappa shape index (κ2) is 10.5. The summed E-state index contributed by atoms with van der Waals surface area (Å²) in [5, 5.41) is 0. The van der Waals surface area contributed by atoms with Crippen LogP contribution in [-0.4, -0.2) is 60.0 Å². The third-order valence-electron chi connectivity index (χ3n) is 7.74. The molecule has 3 heterocycles. The van der Waals surface area contributed by atoms with E-state index >= 15 is 0 Å². The predicted octanol–water partition coefficient (Wildman–Crippen LogP) is 4.85. The molecule has 0 spiro atoms. The molecule has 190 valence electrons. The first-order chi connectivity index (χ1) is 16.7. The molecule has 2 aromatic rings. The Morgan fingerprint density at radius 1 is 1.17 bits per heavy atom. The van der Waals surface area contributed by atoms with Gasteiger partial charge in [0.15, 0.2) is 0 Å². The summed E-state index contributed by atoms with van der Waals surface area (Å²) in [7, 11) is 1.79. The largest absolute Gasteiger partial charge is 0.469 e. The molecule has 35 heavy (non-hydrogen) atoms. The van der Waals surface area contributed by atoms with Crippen LogP contribution in [0.3, 0.4) is 0 Å². The summed E-state index contributed by atoms with van der Waals surface area (Å²) in [6.45, 7) is 7.78. The van der Waals surface area contributed by atoms with Gasteiger partial charge < -0.3 is 19.0 Å². The standard InChI is InChI=1S/C28H37FN2O4/c1-19-23(12-15-34-19)27(33)30(4)25(17-21-7-5-6-8-24(21)29)20-9-13-31(14-10-20)26(32)22-11-16-35-28(2,3)18-22/h5-8,12,15,20,22,25H,9-11,13-14,16-18H2,1-4H3/t22-,25-/m1/s1. The Morgan fingerprint density at radius 3 is 2.51 bits per heavy atom. The van der Waals surface area contributed by atoms with E-state index in [0.717, 1.165) is 25.7 Å². The molecular formula is C28H37FN2O4. The van der Waals surface area contributed by atoms with Crippen molar-refractivity contribution >= 4 is 11.8 Å². The Labute approximate surface area is 207 Å². The third-order valence-corrected chi connectivity index (χ3v) is 7.74. The zero-order chi connectivity index (χ0) is 25.2. The zero-order valence-electron chi connectivity index (χ0n) is 21.3. The van der Waals surface area contributed by atoms with Crippen molar-refractivity contribution in [3.05, 3.63) is 59.3 Å². The molecule has 2 atom stereocenters. The number of carbonyl (C=O) groups is 2. The van der Waals surface area contributed by atoms with E-state index in [1.54, 1.807) is 37.1 Å². The van der Waals surface area contributed by atoms with Gasteiger partial charge in [-0.1, -0.05) is 18.2 Å². The highest BCUT2D eigenvalue weighted by atomic mass is 19.1. The fraction of sp³-hybridized carbons (Fsp3) is 0.571. The van der Waals surface area contributed by atoms with Crippen LogP contribution in [0, 0.1) is 24.6 Å². The lowest BCUT2D eigenvalue weighted by Crippen LogP contribution is -2.50. The lowest BCUT2D eigenvalue weighted by Gasteiger charge is -2.42. The van der Waals surface area contributed by atoms with E-state index in [4.69, 9.17) is 9.15 Å². The lowest BCUT2D eigenvalue weighted by molar-refractivity contribution is -0.147. The van der Waals surface area contributed by atoms with Crippen molar-refractivity contribution in [3.8, 4) is 0 Å². The van der Waals surface area contributed by atoms with Gasteiger partial charge in [0.2, 0.25) is 5.91 Å². The minimum absolute atomic E-state index is 0.00201. The van der Waals surface area contributed by atoms with Gasteiger partial charge in [0, 0.05) is 38.7 Å². The first-order valence-electron chi connectivity index (χ1n) is 12.6. The van der Waals surface area contributed by atoms with Crippen molar-refractivity contribution < 1.29 is 23.1 Å². The SMILES string of the molecule is Cc1occc1C(=O)N(C)[C@H](Cc1ccccc1F)C1CCN(C(=O)[C@@H]2CCOC(C)(C)C2)CC1. The number of halogens is 1. The Morgan fingerprint density at radius 2 is 1.89 bits per heavy atom. The molecule has 0 unspecified atom stereocenters. The molecule has 6 nitrogen and oxygen atoms in total. The van der Waals surface area contributed by atoms with E-state index in [1.807, 2.05) is 24.8 Å². The Balaban J connectivity index is 1.48. The van der Waals surface area contributed by atoms with Crippen LogP contribution in [0.5, 0.6) is 0 Å². The summed E-state index contributed by atoms with van der Waals surface area (Å²) < 4.78 is 25.7. The molecule has 0 saturated carbocycles. The van der Waals surface area contributed by atoms with Crippen LogP contribution in [0.2, 0.25) is 0 Å². The Hall–Kier alpha value is -2.67. The van der Waals surface area contributed by atoms with Gasteiger partial charge in [-0.25, -0.2) is 4.39 Å². The second-order valence-electron chi connectivity index (χ2n) is 10.6. The Bertz CT molecular complexity index is 1040. The summed E-state index contributed by atoms with van der Waals surface area (Å²) in [4.78, 5) is 30.3. The second-order valence-corrected chi connectivity index (χ2v) is 10.6. The maximum atomic E-state index is 14.6. The van der Waals surface area contributed by atoms with Crippen LogP contribution in [0.25, 0.3) is 0 Å². The number of ether oxygens (including phenoxy) is 1. The summed E-state index contributed by atoms with van der Waals surface area (Å²) in [6, 6.07) is 8.26. The Kier molecular flexibility index (Phi) is 7.64. The summed E-state index contributed by atoms with van der Waals surface area (Å²) >= 11 is 0. The first kappa shape index (κ1) is 25.4. The van der Waals surface area contributed by atoms with Gasteiger partial charge in [-0.2, -0.15) is 0 Å². The number of likely N-dealkylation sites (N-methyl/N-ethyl adjacent to an activating group) is 1. The molecular weight excluding hydrogens is 447 g/mol. The molecule has 2 aliphatic heterocycles. The number of likely N-dealkylation sites (tertiary alicyclic amines) is 1. The molecule has 2 aliphatic rings. The first-order valence-corrected chi connectivity index (χ1v) is 12.6. The van der Waals surface area contributed by atoms with Crippen molar-refractivity contribution in [1.29, 1.82) is 0 Å². The summed E-state index contributed by atoms with van der Waals surface area (Å²) in [5.41, 5.74) is 0.862. The van der Waals surface area contributed by atoms with E-state index in [9.17, 15) is 14.0 Å². The monoisotopic (exact) mass is 484 g/mol. The van der Waals surface area contributed by atoms with E-state index < -0.39 is 0 Å². The zero-order valence-corrected chi connectivity index (χ0v) is 21.3. The average Bonchev–Trinajstić information content (AvgIpc) is 3.27. The number of carbonyl (C=O) groups excluding carboxylic acids is 2. The van der Waals surface area contributed by atoms with Crippen molar-refractivity contribution in [3.63, 3.8) is 0 Å².